The Labute approximate surface area is 195 Å². The fourth-order valence-electron chi connectivity index (χ4n) is 4.62. The molecular weight excluding hydrogens is 452 g/mol. The molecule has 3 aromatic heterocycles. The van der Waals surface area contributed by atoms with Crippen molar-refractivity contribution in [1.82, 2.24) is 24.8 Å². The lowest BCUT2D eigenvalue weighted by Gasteiger charge is -2.44. The number of fused-ring (bicyclic) bond motifs is 1. The van der Waals surface area contributed by atoms with Crippen molar-refractivity contribution in [2.24, 2.45) is 0 Å². The Morgan fingerprint density at radius 3 is 2.61 bits per heavy atom. The van der Waals surface area contributed by atoms with E-state index in [1.807, 2.05) is 6.20 Å². The first-order valence-corrected chi connectivity index (χ1v) is 12.8. The molecule has 2 saturated heterocycles. The summed E-state index contributed by atoms with van der Waals surface area (Å²) >= 11 is 9.80. The van der Waals surface area contributed by atoms with Gasteiger partial charge in [-0.05, 0) is 31.5 Å². The van der Waals surface area contributed by atoms with Gasteiger partial charge in [0.1, 0.15) is 5.01 Å². The number of hydrogen-bond acceptors (Lipinski definition) is 9. The van der Waals surface area contributed by atoms with E-state index < -0.39 is 0 Å². The maximum atomic E-state index is 6.26. The molecule has 0 N–H and O–H groups in total. The summed E-state index contributed by atoms with van der Waals surface area (Å²) in [7, 11) is 0. The monoisotopic (exact) mass is 478 g/mol. The van der Waals surface area contributed by atoms with Gasteiger partial charge in [0.25, 0.3) is 0 Å². The minimum absolute atomic E-state index is 0.316. The average molecular weight is 479 g/mol. The molecule has 0 spiro atoms. The highest BCUT2D eigenvalue weighted by Crippen LogP contribution is 2.34. The summed E-state index contributed by atoms with van der Waals surface area (Å²) in [5.41, 5.74) is 0.949. The van der Waals surface area contributed by atoms with Gasteiger partial charge >= 0.3 is 0 Å². The molecule has 3 aromatic rings. The number of nitrogens with zero attached hydrogens (tertiary/aromatic N) is 6. The van der Waals surface area contributed by atoms with Crippen LogP contribution >= 0.6 is 34.3 Å². The fourth-order valence-corrected chi connectivity index (χ4v) is 6.57. The number of rotatable bonds is 5. The van der Waals surface area contributed by atoms with E-state index in [1.54, 1.807) is 22.7 Å². The molecule has 31 heavy (non-hydrogen) atoms. The Hall–Kier alpha value is -1.36. The molecule has 2 aliphatic heterocycles. The number of anilines is 1. The lowest BCUT2D eigenvalue weighted by molar-refractivity contribution is 0.0294. The first-order valence-electron chi connectivity index (χ1n) is 10.7. The highest BCUT2D eigenvalue weighted by molar-refractivity contribution is 7.19. The van der Waals surface area contributed by atoms with Crippen molar-refractivity contribution in [2.75, 3.05) is 44.3 Å². The number of halogens is 1. The summed E-state index contributed by atoms with van der Waals surface area (Å²) in [5, 5.41) is 3.57. The van der Waals surface area contributed by atoms with Crippen molar-refractivity contribution >= 4 is 50.3 Å². The van der Waals surface area contributed by atoms with E-state index in [0.717, 1.165) is 68.5 Å². The van der Waals surface area contributed by atoms with Crippen LogP contribution in [0.15, 0.2) is 17.6 Å². The zero-order chi connectivity index (χ0) is 21.4. The Bertz CT molecular complexity index is 1010. The van der Waals surface area contributed by atoms with Gasteiger partial charge in [-0.2, -0.15) is 4.98 Å². The molecule has 0 aliphatic carbocycles. The summed E-state index contributed by atoms with van der Waals surface area (Å²) in [6, 6.07) is 3.16. The molecule has 166 valence electrons. The molecule has 5 rings (SSSR count). The van der Waals surface area contributed by atoms with E-state index in [2.05, 4.69) is 54.9 Å². The average Bonchev–Trinajstić information content (AvgIpc) is 3.40. The van der Waals surface area contributed by atoms with Crippen LogP contribution in [0.2, 0.25) is 5.28 Å². The molecule has 0 amide bonds. The van der Waals surface area contributed by atoms with Crippen molar-refractivity contribution in [1.29, 1.82) is 0 Å². The third-order valence-electron chi connectivity index (χ3n) is 6.05. The van der Waals surface area contributed by atoms with Crippen LogP contribution in [0.25, 0.3) is 10.2 Å². The van der Waals surface area contributed by atoms with Gasteiger partial charge < -0.3 is 9.64 Å². The van der Waals surface area contributed by atoms with Gasteiger partial charge in [0.15, 0.2) is 5.82 Å². The van der Waals surface area contributed by atoms with E-state index in [-0.39, 0.29) is 0 Å². The maximum Gasteiger partial charge on any atom is 0.224 e. The highest BCUT2D eigenvalue weighted by atomic mass is 35.5. The Morgan fingerprint density at radius 1 is 1.13 bits per heavy atom. The fraction of sp³-hybridized carbons (Fsp3) is 0.571. The van der Waals surface area contributed by atoms with Crippen LogP contribution in [0.5, 0.6) is 0 Å². The molecule has 0 aromatic carbocycles. The normalized spacial score (nSPS) is 23.6. The molecule has 7 nitrogen and oxygen atoms in total. The molecule has 2 atom stereocenters. The first-order chi connectivity index (χ1) is 15.1. The Balaban J connectivity index is 1.31. The molecule has 10 heteroatoms. The number of ether oxygens (including phenoxy) is 1. The predicted octanol–water partition coefficient (Wildman–Crippen LogP) is 3.73. The lowest BCUT2D eigenvalue weighted by atomic mass is 10.1. The Kier molecular flexibility index (Phi) is 6.41. The SMILES string of the molecule is C[C@@H]1CN(Cc2cc3nc(Cl)nc(N4CCOCC4)c3s2)C[C@H](C)N1Cc1nccs1. The van der Waals surface area contributed by atoms with E-state index in [1.165, 1.54) is 9.88 Å². The van der Waals surface area contributed by atoms with E-state index >= 15 is 0 Å². The van der Waals surface area contributed by atoms with E-state index in [0.29, 0.717) is 17.4 Å². The van der Waals surface area contributed by atoms with Crippen molar-refractivity contribution in [3.8, 4) is 0 Å². The molecule has 0 unspecified atom stereocenters. The van der Waals surface area contributed by atoms with Crippen LogP contribution < -0.4 is 4.90 Å². The van der Waals surface area contributed by atoms with E-state index in [4.69, 9.17) is 16.3 Å². The van der Waals surface area contributed by atoms with Crippen molar-refractivity contribution in [3.05, 3.63) is 32.8 Å². The molecule has 2 fully saturated rings. The summed E-state index contributed by atoms with van der Waals surface area (Å²) in [6.07, 6.45) is 1.90. The summed E-state index contributed by atoms with van der Waals surface area (Å²) in [5.74, 6) is 0.949. The molecule has 0 radical (unpaired) electrons. The second kappa shape index (κ2) is 9.25. The van der Waals surface area contributed by atoms with E-state index in [9.17, 15) is 0 Å². The van der Waals surface area contributed by atoms with Gasteiger partial charge in [-0.25, -0.2) is 9.97 Å². The van der Waals surface area contributed by atoms with Crippen LogP contribution in [0.4, 0.5) is 5.82 Å². The predicted molar refractivity (Wildman–Crippen MR) is 127 cm³/mol. The number of aromatic nitrogens is 3. The number of morpholine rings is 1. The number of thiazole rings is 1. The summed E-state index contributed by atoms with van der Waals surface area (Å²) < 4.78 is 6.63. The standard InChI is InChI=1S/C21H27ClN6OS2/c1-14-10-26(11-15(2)28(14)13-18-23-3-8-30-18)12-16-9-17-19(31-16)20(25-21(22)24-17)27-4-6-29-7-5-27/h3,8-9,14-15H,4-7,10-13H2,1-2H3/t14-,15+. The van der Waals surface area contributed by atoms with Gasteiger partial charge in [-0.15, -0.1) is 22.7 Å². The first kappa shape index (κ1) is 21.5. The largest absolute Gasteiger partial charge is 0.378 e. The second-order valence-electron chi connectivity index (χ2n) is 8.33. The van der Waals surface area contributed by atoms with Crippen molar-refractivity contribution < 1.29 is 4.74 Å². The topological polar surface area (TPSA) is 57.6 Å². The van der Waals surface area contributed by atoms with Crippen LogP contribution in [0.3, 0.4) is 0 Å². The lowest BCUT2D eigenvalue weighted by Crippen LogP contribution is -2.55. The van der Waals surface area contributed by atoms with Gasteiger partial charge in [-0.1, -0.05) is 0 Å². The summed E-state index contributed by atoms with van der Waals surface area (Å²) in [6.45, 7) is 11.7. The Morgan fingerprint density at radius 2 is 1.90 bits per heavy atom. The third-order valence-corrected chi connectivity index (χ3v) is 8.08. The molecule has 5 heterocycles. The minimum atomic E-state index is 0.316. The van der Waals surface area contributed by atoms with Gasteiger partial charge in [0, 0.05) is 61.3 Å². The van der Waals surface area contributed by atoms with Crippen molar-refractivity contribution in [2.45, 2.75) is 39.0 Å². The van der Waals surface area contributed by atoms with Crippen LogP contribution in [0.1, 0.15) is 23.7 Å². The quantitative estimate of drug-likeness (QED) is 0.518. The zero-order valence-corrected chi connectivity index (χ0v) is 20.2. The molecule has 0 saturated carbocycles. The van der Waals surface area contributed by atoms with Crippen LogP contribution in [0, 0.1) is 0 Å². The van der Waals surface area contributed by atoms with Gasteiger partial charge in [-0.3, -0.25) is 9.80 Å². The maximum absolute atomic E-state index is 6.26. The third kappa shape index (κ3) is 4.72. The number of hydrogen-bond donors (Lipinski definition) is 0. The summed E-state index contributed by atoms with van der Waals surface area (Å²) in [4.78, 5) is 22.2. The molecular formula is C21H27ClN6OS2. The van der Waals surface area contributed by atoms with Gasteiger partial charge in [0.05, 0.1) is 30.0 Å². The smallest absolute Gasteiger partial charge is 0.224 e. The zero-order valence-electron chi connectivity index (χ0n) is 17.8. The second-order valence-corrected chi connectivity index (χ2v) is 10.8. The minimum Gasteiger partial charge on any atom is -0.378 e. The van der Waals surface area contributed by atoms with Gasteiger partial charge in [0.2, 0.25) is 5.28 Å². The molecule has 2 aliphatic rings. The number of thiophene rings is 1. The molecule has 0 bridgehead atoms. The number of piperazine rings is 1. The van der Waals surface area contributed by atoms with Crippen molar-refractivity contribution in [3.63, 3.8) is 0 Å². The van der Waals surface area contributed by atoms with Crippen LogP contribution in [-0.2, 0) is 17.8 Å². The van der Waals surface area contributed by atoms with Crippen LogP contribution in [-0.4, -0.2) is 76.2 Å². The highest BCUT2D eigenvalue weighted by Gasteiger charge is 2.30.